The quantitative estimate of drug-likeness (QED) is 0.421. The van der Waals surface area contributed by atoms with Gasteiger partial charge < -0.3 is 14.4 Å². The van der Waals surface area contributed by atoms with Gasteiger partial charge in [0.1, 0.15) is 11.4 Å². The molecule has 0 aliphatic heterocycles. The third-order valence-electron chi connectivity index (χ3n) is 4.73. The van der Waals surface area contributed by atoms with Crippen molar-refractivity contribution in [3.63, 3.8) is 0 Å². The molecule has 0 aliphatic rings. The molecule has 3 rings (SSSR count). The fourth-order valence-electron chi connectivity index (χ4n) is 3.42. The molecule has 0 radical (unpaired) electrons. The normalized spacial score (nSPS) is 11.8. The number of hydrogen-bond acceptors (Lipinski definition) is 4. The summed E-state index contributed by atoms with van der Waals surface area (Å²) in [5.74, 6) is -0.309. The molecule has 174 valence electrons. The molecular formula is C25H25F3N2O3. The predicted molar refractivity (Wildman–Crippen MR) is 122 cm³/mol. The Labute approximate surface area is 190 Å². The zero-order chi connectivity index (χ0) is 24.4. The Morgan fingerprint density at radius 2 is 1.82 bits per heavy atom. The Morgan fingerprint density at radius 1 is 1.15 bits per heavy atom. The molecule has 0 saturated carbocycles. The van der Waals surface area contributed by atoms with E-state index in [1.165, 1.54) is 17.0 Å². The number of pyridine rings is 1. The predicted octanol–water partition coefficient (Wildman–Crippen LogP) is 6.81. The summed E-state index contributed by atoms with van der Waals surface area (Å²) in [4.78, 5) is 18.4. The van der Waals surface area contributed by atoms with Crippen molar-refractivity contribution in [2.75, 3.05) is 7.05 Å². The maximum atomic E-state index is 12.5. The minimum atomic E-state index is -4.76. The molecule has 2 aromatic carbocycles. The van der Waals surface area contributed by atoms with Gasteiger partial charge in [-0.2, -0.15) is 0 Å². The number of rotatable bonds is 5. The van der Waals surface area contributed by atoms with E-state index in [0.29, 0.717) is 16.6 Å². The summed E-state index contributed by atoms with van der Waals surface area (Å²) in [6, 6.07) is 11.1. The van der Waals surface area contributed by atoms with Gasteiger partial charge in [-0.15, -0.1) is 13.2 Å². The van der Waals surface area contributed by atoms with Crippen molar-refractivity contribution in [1.82, 2.24) is 9.88 Å². The first-order chi connectivity index (χ1) is 15.4. The summed E-state index contributed by atoms with van der Waals surface area (Å²) < 4.78 is 47.0. The van der Waals surface area contributed by atoms with Crippen molar-refractivity contribution in [1.29, 1.82) is 0 Å². The fourth-order valence-corrected chi connectivity index (χ4v) is 3.42. The number of halogens is 3. The van der Waals surface area contributed by atoms with E-state index in [2.05, 4.69) is 16.3 Å². The molecule has 0 aliphatic carbocycles. The molecule has 1 aromatic heterocycles. The average Bonchev–Trinajstić information content (AvgIpc) is 2.71. The van der Waals surface area contributed by atoms with Gasteiger partial charge in [0.05, 0.1) is 5.52 Å². The zero-order valence-corrected chi connectivity index (χ0v) is 18.9. The Hall–Kier alpha value is -3.55. The summed E-state index contributed by atoms with van der Waals surface area (Å²) in [5.41, 5.74) is 3.01. The molecule has 8 heteroatoms. The topological polar surface area (TPSA) is 51.7 Å². The van der Waals surface area contributed by atoms with Gasteiger partial charge in [-0.25, -0.2) is 4.79 Å². The van der Waals surface area contributed by atoms with Gasteiger partial charge in [0, 0.05) is 30.7 Å². The van der Waals surface area contributed by atoms with Crippen LogP contribution in [-0.4, -0.2) is 35.0 Å². The van der Waals surface area contributed by atoms with E-state index in [-0.39, 0.29) is 12.3 Å². The standard InChI is InChI=1S/C25H25F3N2O3/c1-6-19-17(15-30(5)23(31)33-24(2,3)4)14-21(22-20(19)8-7-13-29-22)16-9-11-18(12-10-16)32-25(26,27)28/h6-14H,1,15H2,2-5H3. The van der Waals surface area contributed by atoms with E-state index >= 15 is 0 Å². The highest BCUT2D eigenvalue weighted by Crippen LogP contribution is 2.34. The Morgan fingerprint density at radius 3 is 2.39 bits per heavy atom. The minimum absolute atomic E-state index is 0.239. The highest BCUT2D eigenvalue weighted by Gasteiger charge is 2.31. The summed E-state index contributed by atoms with van der Waals surface area (Å²) >= 11 is 0. The Balaban J connectivity index is 2.05. The maximum Gasteiger partial charge on any atom is 0.573 e. The molecule has 1 heterocycles. The average molecular weight is 458 g/mol. The fraction of sp³-hybridized carbons (Fsp3) is 0.280. The molecule has 0 saturated heterocycles. The highest BCUT2D eigenvalue weighted by molar-refractivity contribution is 5.99. The van der Waals surface area contributed by atoms with Crippen LogP contribution < -0.4 is 4.74 Å². The second-order valence-corrected chi connectivity index (χ2v) is 8.51. The first kappa shape index (κ1) is 24.1. The number of benzene rings is 2. The summed E-state index contributed by atoms with van der Waals surface area (Å²) in [6.45, 7) is 9.53. The van der Waals surface area contributed by atoms with E-state index < -0.39 is 18.1 Å². The largest absolute Gasteiger partial charge is 0.573 e. The van der Waals surface area contributed by atoms with Gasteiger partial charge in [0.25, 0.3) is 0 Å². The lowest BCUT2D eigenvalue weighted by Crippen LogP contribution is -2.34. The molecule has 0 fully saturated rings. The van der Waals surface area contributed by atoms with Crippen LogP contribution in [0.15, 0.2) is 55.2 Å². The second-order valence-electron chi connectivity index (χ2n) is 8.51. The SMILES string of the molecule is C=Cc1c(CN(C)C(=O)OC(C)(C)C)cc(-c2ccc(OC(F)(F)F)cc2)c2ncccc12. The maximum absolute atomic E-state index is 12.5. The highest BCUT2D eigenvalue weighted by atomic mass is 19.4. The van der Waals surface area contributed by atoms with Gasteiger partial charge in [-0.3, -0.25) is 4.98 Å². The van der Waals surface area contributed by atoms with Crippen LogP contribution in [0.5, 0.6) is 5.75 Å². The molecule has 3 aromatic rings. The molecule has 0 atom stereocenters. The number of carbonyl (C=O) groups is 1. The minimum Gasteiger partial charge on any atom is -0.444 e. The van der Waals surface area contributed by atoms with E-state index in [9.17, 15) is 18.0 Å². The third-order valence-corrected chi connectivity index (χ3v) is 4.73. The van der Waals surface area contributed by atoms with Crippen LogP contribution in [0.1, 0.15) is 31.9 Å². The monoisotopic (exact) mass is 458 g/mol. The van der Waals surface area contributed by atoms with Crippen molar-refractivity contribution >= 4 is 23.1 Å². The summed E-state index contributed by atoms with van der Waals surface area (Å²) in [5, 5.41) is 0.813. The first-order valence-electron chi connectivity index (χ1n) is 10.2. The molecular weight excluding hydrogens is 433 g/mol. The van der Waals surface area contributed by atoms with Gasteiger partial charge in [0.2, 0.25) is 0 Å². The van der Waals surface area contributed by atoms with Crippen LogP contribution in [0, 0.1) is 0 Å². The number of amides is 1. The Kier molecular flexibility index (Phi) is 6.67. The van der Waals surface area contributed by atoms with Gasteiger partial charge in [-0.1, -0.05) is 30.9 Å². The molecule has 5 nitrogen and oxygen atoms in total. The third kappa shape index (κ3) is 6.03. The van der Waals surface area contributed by atoms with Gasteiger partial charge in [-0.05, 0) is 61.7 Å². The summed E-state index contributed by atoms with van der Waals surface area (Å²) in [6.07, 6.45) is -1.89. The van der Waals surface area contributed by atoms with E-state index in [0.717, 1.165) is 16.5 Å². The van der Waals surface area contributed by atoms with Crippen LogP contribution in [0.25, 0.3) is 28.1 Å². The molecule has 1 amide bonds. The number of alkyl halides is 3. The molecule has 0 N–H and O–H groups in total. The van der Waals surface area contributed by atoms with Gasteiger partial charge >= 0.3 is 12.5 Å². The van der Waals surface area contributed by atoms with Crippen LogP contribution >= 0.6 is 0 Å². The lowest BCUT2D eigenvalue weighted by Gasteiger charge is -2.25. The number of aromatic nitrogens is 1. The molecule has 33 heavy (non-hydrogen) atoms. The van der Waals surface area contributed by atoms with Crippen molar-refractivity contribution in [2.45, 2.75) is 39.3 Å². The number of fused-ring (bicyclic) bond motifs is 1. The lowest BCUT2D eigenvalue weighted by atomic mass is 9.93. The van der Waals surface area contributed by atoms with Crippen LogP contribution in [0.4, 0.5) is 18.0 Å². The summed E-state index contributed by atoms with van der Waals surface area (Å²) in [7, 11) is 1.64. The first-order valence-corrected chi connectivity index (χ1v) is 10.2. The van der Waals surface area contributed by atoms with E-state index in [1.54, 1.807) is 58.3 Å². The van der Waals surface area contributed by atoms with Crippen molar-refractivity contribution in [2.24, 2.45) is 0 Å². The number of hydrogen-bond donors (Lipinski definition) is 0. The molecule has 0 bridgehead atoms. The van der Waals surface area contributed by atoms with Crippen LogP contribution in [0.2, 0.25) is 0 Å². The van der Waals surface area contributed by atoms with Crippen molar-refractivity contribution < 1.29 is 27.4 Å². The van der Waals surface area contributed by atoms with Crippen molar-refractivity contribution in [3.05, 3.63) is 66.4 Å². The van der Waals surface area contributed by atoms with Crippen LogP contribution in [-0.2, 0) is 11.3 Å². The van der Waals surface area contributed by atoms with Crippen LogP contribution in [0.3, 0.4) is 0 Å². The number of nitrogens with zero attached hydrogens (tertiary/aromatic N) is 2. The van der Waals surface area contributed by atoms with Gasteiger partial charge in [0.15, 0.2) is 0 Å². The lowest BCUT2D eigenvalue weighted by molar-refractivity contribution is -0.274. The zero-order valence-electron chi connectivity index (χ0n) is 18.9. The molecule has 0 spiro atoms. The van der Waals surface area contributed by atoms with E-state index in [4.69, 9.17) is 4.74 Å². The van der Waals surface area contributed by atoms with Crippen molar-refractivity contribution in [3.8, 4) is 16.9 Å². The number of ether oxygens (including phenoxy) is 2. The molecule has 0 unspecified atom stereocenters. The smallest absolute Gasteiger partial charge is 0.444 e. The Bertz CT molecular complexity index is 1170. The van der Waals surface area contributed by atoms with E-state index in [1.807, 2.05) is 12.1 Å². The number of carbonyl (C=O) groups excluding carboxylic acids is 1. The second kappa shape index (κ2) is 9.13.